The second-order valence-corrected chi connectivity index (χ2v) is 6.45. The van der Waals surface area contributed by atoms with Crippen molar-refractivity contribution >= 4 is 33.1 Å². The lowest BCUT2D eigenvalue weighted by Gasteiger charge is -2.26. The monoisotopic (exact) mass is 359 g/mol. The molecule has 3 nitrogen and oxygen atoms in total. The number of carbonyl (C=O) groups is 1. The quantitative estimate of drug-likeness (QED) is 0.818. The van der Waals surface area contributed by atoms with Crippen LogP contribution in [0.25, 0.3) is 0 Å². The second kappa shape index (κ2) is 6.23. The van der Waals surface area contributed by atoms with Crippen molar-refractivity contribution in [2.45, 2.75) is 13.3 Å². The fourth-order valence-corrected chi connectivity index (χ4v) is 3.27. The second-order valence-electron chi connectivity index (χ2n) is 5.54. The predicted octanol–water partition coefficient (Wildman–Crippen LogP) is 4.28. The van der Waals surface area contributed by atoms with Gasteiger partial charge in [0, 0.05) is 35.8 Å². The standard InChI is InChI=1S/C18H18BrNO2/c1-12-3-5-16-13(9-12)10-18(21)15-11-14(19)4-6-17(15)20(16)7-8-22-2/h3-6,9,11H,7-8,10H2,1-2H3. The summed E-state index contributed by atoms with van der Waals surface area (Å²) in [5.41, 5.74) is 5.06. The molecule has 0 atom stereocenters. The van der Waals surface area contributed by atoms with Crippen LogP contribution in [0, 0.1) is 6.92 Å². The van der Waals surface area contributed by atoms with Crippen LogP contribution in [0.15, 0.2) is 40.9 Å². The zero-order valence-corrected chi connectivity index (χ0v) is 14.3. The summed E-state index contributed by atoms with van der Waals surface area (Å²) in [5, 5.41) is 0. The lowest BCUT2D eigenvalue weighted by Crippen LogP contribution is -2.23. The Kier molecular flexibility index (Phi) is 4.32. The lowest BCUT2D eigenvalue weighted by molar-refractivity contribution is 0.0994. The maximum Gasteiger partial charge on any atom is 0.169 e. The van der Waals surface area contributed by atoms with Crippen LogP contribution in [0.2, 0.25) is 0 Å². The van der Waals surface area contributed by atoms with Gasteiger partial charge in [0.1, 0.15) is 0 Å². The van der Waals surface area contributed by atoms with Crippen LogP contribution in [-0.2, 0) is 11.2 Å². The third-order valence-electron chi connectivity index (χ3n) is 3.95. The van der Waals surface area contributed by atoms with E-state index in [0.29, 0.717) is 19.6 Å². The van der Waals surface area contributed by atoms with Crippen molar-refractivity contribution in [3.05, 3.63) is 57.6 Å². The smallest absolute Gasteiger partial charge is 0.169 e. The lowest BCUT2D eigenvalue weighted by atomic mass is 10.0. The molecule has 1 heterocycles. The molecular weight excluding hydrogens is 342 g/mol. The highest BCUT2D eigenvalue weighted by Crippen LogP contribution is 2.37. The first-order valence-electron chi connectivity index (χ1n) is 7.29. The number of ether oxygens (including phenoxy) is 1. The van der Waals surface area contributed by atoms with E-state index >= 15 is 0 Å². The first-order valence-corrected chi connectivity index (χ1v) is 8.08. The molecular formula is C18H18BrNO2. The molecule has 0 saturated carbocycles. The summed E-state index contributed by atoms with van der Waals surface area (Å²) in [7, 11) is 1.70. The maximum absolute atomic E-state index is 12.7. The summed E-state index contributed by atoms with van der Waals surface area (Å²) >= 11 is 3.47. The van der Waals surface area contributed by atoms with E-state index in [1.54, 1.807) is 7.11 Å². The highest BCUT2D eigenvalue weighted by molar-refractivity contribution is 9.10. The Bertz CT molecular complexity index is 727. The first kappa shape index (κ1) is 15.3. The molecule has 22 heavy (non-hydrogen) atoms. The Balaban J connectivity index is 2.18. The Morgan fingerprint density at radius 2 is 1.95 bits per heavy atom. The van der Waals surface area contributed by atoms with E-state index in [-0.39, 0.29) is 5.78 Å². The van der Waals surface area contributed by atoms with Gasteiger partial charge >= 0.3 is 0 Å². The van der Waals surface area contributed by atoms with E-state index < -0.39 is 0 Å². The number of nitrogens with zero attached hydrogens (tertiary/aromatic N) is 1. The summed E-state index contributed by atoms with van der Waals surface area (Å²) in [6, 6.07) is 12.2. The van der Waals surface area contributed by atoms with Crippen LogP contribution in [0.5, 0.6) is 0 Å². The number of ketones is 1. The van der Waals surface area contributed by atoms with E-state index in [4.69, 9.17) is 4.74 Å². The minimum atomic E-state index is 0.156. The summed E-state index contributed by atoms with van der Waals surface area (Å²) in [5.74, 6) is 0.156. The van der Waals surface area contributed by atoms with Crippen molar-refractivity contribution in [1.82, 2.24) is 0 Å². The molecule has 0 spiro atoms. The van der Waals surface area contributed by atoms with E-state index in [1.165, 1.54) is 5.56 Å². The number of fused-ring (bicyclic) bond motifs is 2. The Morgan fingerprint density at radius 1 is 1.18 bits per heavy atom. The third kappa shape index (κ3) is 2.81. The molecule has 4 heteroatoms. The third-order valence-corrected chi connectivity index (χ3v) is 4.44. The predicted molar refractivity (Wildman–Crippen MR) is 92.2 cm³/mol. The van der Waals surface area contributed by atoms with Gasteiger partial charge in [0.2, 0.25) is 0 Å². The Labute approximate surface area is 139 Å². The Morgan fingerprint density at radius 3 is 2.73 bits per heavy atom. The highest BCUT2D eigenvalue weighted by atomic mass is 79.9. The van der Waals surface area contributed by atoms with Crippen molar-refractivity contribution in [3.63, 3.8) is 0 Å². The molecule has 0 amide bonds. The minimum absolute atomic E-state index is 0.156. The van der Waals surface area contributed by atoms with Crippen molar-refractivity contribution < 1.29 is 9.53 Å². The van der Waals surface area contributed by atoms with Crippen molar-refractivity contribution in [2.75, 3.05) is 25.2 Å². The molecule has 0 radical (unpaired) electrons. The number of anilines is 2. The van der Waals surface area contributed by atoms with Gasteiger partial charge in [0.05, 0.1) is 12.3 Å². The molecule has 1 aliphatic rings. The van der Waals surface area contributed by atoms with Gasteiger partial charge in [0.25, 0.3) is 0 Å². The van der Waals surface area contributed by atoms with Gasteiger partial charge < -0.3 is 9.64 Å². The van der Waals surface area contributed by atoms with Gasteiger partial charge in [-0.1, -0.05) is 33.6 Å². The van der Waals surface area contributed by atoms with Crippen LogP contribution in [0.1, 0.15) is 21.5 Å². The average molecular weight is 360 g/mol. The van der Waals surface area contributed by atoms with E-state index in [1.807, 2.05) is 18.2 Å². The number of hydrogen-bond donors (Lipinski definition) is 0. The van der Waals surface area contributed by atoms with Crippen LogP contribution >= 0.6 is 15.9 Å². The maximum atomic E-state index is 12.7. The van der Waals surface area contributed by atoms with Gasteiger partial charge in [-0.25, -0.2) is 0 Å². The van der Waals surface area contributed by atoms with Crippen molar-refractivity contribution in [1.29, 1.82) is 0 Å². The number of Topliss-reactive ketones (excluding diaryl/α,β-unsaturated/α-hetero) is 1. The van der Waals surface area contributed by atoms with Gasteiger partial charge in [-0.05, 0) is 36.8 Å². The number of aryl methyl sites for hydroxylation is 1. The van der Waals surface area contributed by atoms with Gasteiger partial charge in [-0.15, -0.1) is 0 Å². The summed E-state index contributed by atoms with van der Waals surface area (Å²) < 4.78 is 6.18. The molecule has 0 N–H and O–H groups in total. The number of halogens is 1. The van der Waals surface area contributed by atoms with Crippen LogP contribution in [0.3, 0.4) is 0 Å². The fraction of sp³-hybridized carbons (Fsp3) is 0.278. The first-order chi connectivity index (χ1) is 10.6. The minimum Gasteiger partial charge on any atom is -0.383 e. The molecule has 0 unspecified atom stereocenters. The van der Waals surface area contributed by atoms with E-state index in [2.05, 4.69) is 46.0 Å². The van der Waals surface area contributed by atoms with Gasteiger partial charge in [-0.3, -0.25) is 4.79 Å². The van der Waals surface area contributed by atoms with Crippen molar-refractivity contribution in [3.8, 4) is 0 Å². The molecule has 2 aromatic carbocycles. The molecule has 0 saturated heterocycles. The molecule has 0 bridgehead atoms. The number of methoxy groups -OCH3 is 1. The summed E-state index contributed by atoms with van der Waals surface area (Å²) in [4.78, 5) is 14.9. The zero-order valence-electron chi connectivity index (χ0n) is 12.7. The van der Waals surface area contributed by atoms with Crippen molar-refractivity contribution in [2.24, 2.45) is 0 Å². The number of hydrogen-bond acceptors (Lipinski definition) is 3. The summed E-state index contributed by atoms with van der Waals surface area (Å²) in [6.45, 7) is 3.38. The van der Waals surface area contributed by atoms with E-state index in [9.17, 15) is 4.79 Å². The van der Waals surface area contributed by atoms with E-state index in [0.717, 1.165) is 27.0 Å². The zero-order chi connectivity index (χ0) is 15.7. The number of benzene rings is 2. The molecule has 2 aromatic rings. The molecule has 0 fully saturated rings. The van der Waals surface area contributed by atoms with Crippen LogP contribution < -0.4 is 4.90 Å². The molecule has 0 aromatic heterocycles. The molecule has 114 valence electrons. The molecule has 0 aliphatic carbocycles. The van der Waals surface area contributed by atoms with Crippen LogP contribution in [0.4, 0.5) is 11.4 Å². The average Bonchev–Trinajstić information content (AvgIpc) is 2.60. The topological polar surface area (TPSA) is 29.5 Å². The SMILES string of the molecule is COCCN1c2ccc(C)cc2CC(=O)c2cc(Br)ccc21. The largest absolute Gasteiger partial charge is 0.383 e. The Hall–Kier alpha value is -1.65. The highest BCUT2D eigenvalue weighted by Gasteiger charge is 2.25. The fourth-order valence-electron chi connectivity index (χ4n) is 2.91. The van der Waals surface area contributed by atoms with Gasteiger partial charge in [0.15, 0.2) is 5.78 Å². The number of rotatable bonds is 3. The normalized spacial score (nSPS) is 13.6. The summed E-state index contributed by atoms with van der Waals surface area (Å²) in [6.07, 6.45) is 0.434. The van der Waals surface area contributed by atoms with Crippen LogP contribution in [-0.4, -0.2) is 26.0 Å². The molecule has 3 rings (SSSR count). The molecule has 1 aliphatic heterocycles. The van der Waals surface area contributed by atoms with Gasteiger partial charge in [-0.2, -0.15) is 0 Å². The number of carbonyl (C=O) groups excluding carboxylic acids is 1.